The smallest absolute Gasteiger partial charge is 0.0464 e. The van der Waals surface area contributed by atoms with E-state index >= 15 is 0 Å². The maximum Gasteiger partial charge on any atom is 0.0464 e. The van der Waals surface area contributed by atoms with Crippen LogP contribution >= 0.6 is 0 Å². The fourth-order valence-corrected chi connectivity index (χ4v) is 4.36. The molecule has 0 unspecified atom stereocenters. The third-order valence-corrected chi connectivity index (χ3v) is 6.33. The maximum atomic E-state index is 5.46. The third-order valence-electron chi connectivity index (χ3n) is 6.33. The molecule has 0 bridgehead atoms. The summed E-state index contributed by atoms with van der Waals surface area (Å²) in [6, 6.07) is 44.3. The third kappa shape index (κ3) is 7.96. The summed E-state index contributed by atoms with van der Waals surface area (Å²) in [6.07, 6.45) is 9.78. The lowest BCUT2D eigenvalue weighted by Crippen LogP contribution is -2.09. The number of rotatable bonds is 7. The number of nitrogen functional groups attached to an aromatic ring is 1. The molecule has 40 heavy (non-hydrogen) atoms. The molecule has 5 aromatic rings. The molecule has 198 valence electrons. The summed E-state index contributed by atoms with van der Waals surface area (Å²) in [6.45, 7) is 7.84. The summed E-state index contributed by atoms with van der Waals surface area (Å²) >= 11 is 0. The van der Waals surface area contributed by atoms with Crippen molar-refractivity contribution in [1.82, 2.24) is 0 Å². The molecule has 0 aliphatic rings. The lowest BCUT2D eigenvalue weighted by Gasteiger charge is -2.26. The van der Waals surface area contributed by atoms with Crippen molar-refractivity contribution in [3.8, 4) is 11.1 Å². The van der Waals surface area contributed by atoms with Crippen molar-refractivity contribution in [1.29, 1.82) is 0 Å². The van der Waals surface area contributed by atoms with Crippen molar-refractivity contribution < 1.29 is 0 Å². The maximum absolute atomic E-state index is 5.46. The number of anilines is 4. The number of benzene rings is 5. The normalized spacial score (nSPS) is 10.8. The predicted octanol–water partition coefficient (Wildman–Crippen LogP) is 10.5. The first-order valence-electron chi connectivity index (χ1n) is 13.4. The Hall–Kier alpha value is -5.08. The number of hydrogen-bond donors (Lipinski definition) is 1. The topological polar surface area (TPSA) is 29.3 Å². The summed E-state index contributed by atoms with van der Waals surface area (Å²) in [5, 5.41) is 0. The van der Waals surface area contributed by atoms with Crippen LogP contribution in [0.5, 0.6) is 0 Å². The lowest BCUT2D eigenvalue weighted by molar-refractivity contribution is 1.27. The van der Waals surface area contributed by atoms with E-state index in [1.807, 2.05) is 49.4 Å². The predicted molar refractivity (Wildman–Crippen MR) is 175 cm³/mol. The molecular weight excluding hydrogens is 484 g/mol. The van der Waals surface area contributed by atoms with Gasteiger partial charge < -0.3 is 10.6 Å². The number of aryl methyl sites for hydroxylation is 2. The second-order valence-corrected chi connectivity index (χ2v) is 9.57. The van der Waals surface area contributed by atoms with Gasteiger partial charge in [0, 0.05) is 22.7 Å². The first kappa shape index (κ1) is 27.9. The Kier molecular flexibility index (Phi) is 9.90. The average molecular weight is 521 g/mol. The van der Waals surface area contributed by atoms with Gasteiger partial charge >= 0.3 is 0 Å². The molecule has 5 rings (SSSR count). The van der Waals surface area contributed by atoms with E-state index in [1.54, 1.807) is 6.08 Å². The van der Waals surface area contributed by atoms with Gasteiger partial charge in [0.2, 0.25) is 0 Å². The van der Waals surface area contributed by atoms with E-state index < -0.39 is 0 Å². The summed E-state index contributed by atoms with van der Waals surface area (Å²) < 4.78 is 0. The van der Waals surface area contributed by atoms with E-state index in [0.29, 0.717) is 0 Å². The minimum atomic E-state index is 0.838. The van der Waals surface area contributed by atoms with Crippen molar-refractivity contribution in [2.75, 3.05) is 10.6 Å². The Bertz CT molecular complexity index is 1540. The molecule has 0 aliphatic carbocycles. The van der Waals surface area contributed by atoms with Crippen molar-refractivity contribution in [3.05, 3.63) is 175 Å². The van der Waals surface area contributed by atoms with Gasteiger partial charge in [-0.2, -0.15) is 0 Å². The van der Waals surface area contributed by atoms with Crippen LogP contribution in [0.15, 0.2) is 158 Å². The second kappa shape index (κ2) is 14.2. The Morgan fingerprint density at radius 1 is 0.550 bits per heavy atom. The van der Waals surface area contributed by atoms with Crippen molar-refractivity contribution in [3.63, 3.8) is 0 Å². The van der Waals surface area contributed by atoms with Gasteiger partial charge in [-0.1, -0.05) is 116 Å². The van der Waals surface area contributed by atoms with E-state index in [0.717, 1.165) is 22.7 Å². The highest BCUT2D eigenvalue weighted by Gasteiger charge is 2.12. The largest absolute Gasteiger partial charge is 0.399 e. The van der Waals surface area contributed by atoms with Gasteiger partial charge in [-0.25, -0.2) is 0 Å². The van der Waals surface area contributed by atoms with Crippen LogP contribution in [0, 0.1) is 13.8 Å². The fourth-order valence-electron chi connectivity index (χ4n) is 4.36. The summed E-state index contributed by atoms with van der Waals surface area (Å²) in [4.78, 5) is 2.29. The van der Waals surface area contributed by atoms with Crippen molar-refractivity contribution in [2.24, 2.45) is 0 Å². The molecule has 2 nitrogen and oxygen atoms in total. The molecule has 2 N–H and O–H groups in total. The SMILES string of the molecule is C=C/C=C\C=C/c1ccc(-c2ccc(N(c3ccccc3)c3cccc(C)c3)cc2)cc1.Cc1cccc(N)c1. The first-order valence-corrected chi connectivity index (χ1v) is 13.4. The molecule has 0 spiro atoms. The van der Waals surface area contributed by atoms with Crippen LogP contribution in [0.3, 0.4) is 0 Å². The Labute approximate surface area is 239 Å². The monoisotopic (exact) mass is 520 g/mol. The number of nitrogens with two attached hydrogens (primary N) is 1. The molecule has 0 atom stereocenters. The van der Waals surface area contributed by atoms with Crippen LogP contribution in [0.4, 0.5) is 22.7 Å². The summed E-state index contributed by atoms with van der Waals surface area (Å²) in [5.74, 6) is 0. The minimum absolute atomic E-state index is 0.838. The van der Waals surface area contributed by atoms with E-state index in [-0.39, 0.29) is 0 Å². The molecule has 0 radical (unpaired) electrons. The van der Waals surface area contributed by atoms with Crippen LogP contribution in [0.25, 0.3) is 17.2 Å². The summed E-state index contributed by atoms with van der Waals surface area (Å²) in [7, 11) is 0. The molecule has 0 heterocycles. The standard InChI is InChI=1S/C31H27N.C7H9N/c1-3-4-5-7-12-26-16-18-27(19-17-26)28-20-22-30(23-21-28)32(29-13-8-6-9-14-29)31-15-10-11-25(2)24-31;1-6-3-2-4-7(8)5-6/h3-24H,1H2,2H3;2-5H,8H2,1H3/b5-4-,12-7-;. The van der Waals surface area contributed by atoms with Crippen LogP contribution in [-0.4, -0.2) is 0 Å². The van der Waals surface area contributed by atoms with Crippen LogP contribution < -0.4 is 10.6 Å². The van der Waals surface area contributed by atoms with Gasteiger partial charge in [0.25, 0.3) is 0 Å². The van der Waals surface area contributed by atoms with Gasteiger partial charge in [-0.15, -0.1) is 0 Å². The number of nitrogens with zero attached hydrogens (tertiary/aromatic N) is 1. The van der Waals surface area contributed by atoms with E-state index in [1.165, 1.54) is 27.8 Å². The van der Waals surface area contributed by atoms with Gasteiger partial charge in [0.05, 0.1) is 0 Å². The Balaban J connectivity index is 0.000000398. The molecule has 0 saturated heterocycles. The van der Waals surface area contributed by atoms with Gasteiger partial charge in [-0.05, 0) is 90.2 Å². The van der Waals surface area contributed by atoms with Gasteiger partial charge in [0.15, 0.2) is 0 Å². The molecule has 0 amide bonds. The second-order valence-electron chi connectivity index (χ2n) is 9.57. The Morgan fingerprint density at radius 3 is 1.70 bits per heavy atom. The first-order chi connectivity index (χ1) is 19.5. The molecule has 2 heteroatoms. The van der Waals surface area contributed by atoms with Crippen LogP contribution in [0.1, 0.15) is 16.7 Å². The molecule has 0 aliphatic heterocycles. The zero-order valence-corrected chi connectivity index (χ0v) is 23.2. The highest BCUT2D eigenvalue weighted by Crippen LogP contribution is 2.35. The van der Waals surface area contributed by atoms with E-state index in [4.69, 9.17) is 5.73 Å². The molecule has 5 aromatic carbocycles. The van der Waals surface area contributed by atoms with E-state index in [9.17, 15) is 0 Å². The molecule has 0 fully saturated rings. The highest BCUT2D eigenvalue weighted by molar-refractivity contribution is 5.78. The number of para-hydroxylation sites is 1. The minimum Gasteiger partial charge on any atom is -0.399 e. The zero-order valence-electron chi connectivity index (χ0n) is 23.2. The molecule has 0 saturated carbocycles. The lowest BCUT2D eigenvalue weighted by atomic mass is 10.0. The highest BCUT2D eigenvalue weighted by atomic mass is 15.1. The summed E-state index contributed by atoms with van der Waals surface area (Å²) in [5.41, 5.74) is 15.8. The van der Waals surface area contributed by atoms with Crippen LogP contribution in [-0.2, 0) is 0 Å². The average Bonchev–Trinajstić information content (AvgIpc) is 2.97. The number of allylic oxidation sites excluding steroid dienone is 4. The molecular formula is C38H36N2. The molecule has 0 aromatic heterocycles. The van der Waals surface area contributed by atoms with Crippen molar-refractivity contribution in [2.45, 2.75) is 13.8 Å². The quantitative estimate of drug-likeness (QED) is 0.171. The van der Waals surface area contributed by atoms with Gasteiger partial charge in [-0.3, -0.25) is 0 Å². The number of hydrogen-bond acceptors (Lipinski definition) is 2. The Morgan fingerprint density at radius 2 is 1.12 bits per heavy atom. The fraction of sp³-hybridized carbons (Fsp3) is 0.0526. The van der Waals surface area contributed by atoms with E-state index in [2.05, 4.69) is 128 Å². The van der Waals surface area contributed by atoms with Gasteiger partial charge in [0.1, 0.15) is 0 Å². The zero-order chi connectivity index (χ0) is 28.2. The van der Waals surface area contributed by atoms with Crippen molar-refractivity contribution >= 4 is 28.8 Å². The van der Waals surface area contributed by atoms with Crippen LogP contribution in [0.2, 0.25) is 0 Å².